The van der Waals surface area contributed by atoms with E-state index < -0.39 is 11.5 Å². The van der Waals surface area contributed by atoms with E-state index in [0.29, 0.717) is 18.1 Å². The lowest BCUT2D eigenvalue weighted by Crippen LogP contribution is -2.51. The zero-order valence-electron chi connectivity index (χ0n) is 11.5. The molecular weight excluding hydrogens is 258 g/mol. The molecule has 1 aromatic carbocycles. The van der Waals surface area contributed by atoms with Gasteiger partial charge in [-0.2, -0.15) is 0 Å². The van der Waals surface area contributed by atoms with Gasteiger partial charge in [-0.3, -0.25) is 4.79 Å². The van der Waals surface area contributed by atoms with Crippen LogP contribution in [0, 0.1) is 13.8 Å². The molecular formula is C15H21NO2S. The molecule has 2 atom stereocenters. The van der Waals surface area contributed by atoms with Crippen LogP contribution in [0.1, 0.15) is 36.8 Å². The molecule has 0 spiro atoms. The highest BCUT2D eigenvalue weighted by atomic mass is 32.2. The average molecular weight is 279 g/mol. The van der Waals surface area contributed by atoms with Crippen LogP contribution in [0.15, 0.2) is 23.1 Å². The normalized spacial score (nSPS) is 27.2. The average Bonchev–Trinajstić information content (AvgIpc) is 2.34. The molecule has 1 fully saturated rings. The van der Waals surface area contributed by atoms with Crippen molar-refractivity contribution >= 4 is 17.7 Å². The van der Waals surface area contributed by atoms with Gasteiger partial charge in [0.25, 0.3) is 0 Å². The molecule has 1 aliphatic carbocycles. The molecule has 1 aliphatic rings. The predicted octanol–water partition coefficient (Wildman–Crippen LogP) is 3.12. The molecule has 0 amide bonds. The number of aliphatic carboxylic acids is 1. The third-order valence-corrected chi connectivity index (χ3v) is 5.21. The Morgan fingerprint density at radius 2 is 2.16 bits per heavy atom. The summed E-state index contributed by atoms with van der Waals surface area (Å²) in [5.74, 6) is -0.863. The fraction of sp³-hybridized carbons (Fsp3) is 0.533. The van der Waals surface area contributed by atoms with Crippen molar-refractivity contribution in [3.63, 3.8) is 0 Å². The van der Waals surface area contributed by atoms with Crippen molar-refractivity contribution in [1.29, 1.82) is 0 Å². The van der Waals surface area contributed by atoms with Gasteiger partial charge >= 0.3 is 5.97 Å². The van der Waals surface area contributed by atoms with E-state index in [1.807, 2.05) is 0 Å². The van der Waals surface area contributed by atoms with E-state index in [4.69, 9.17) is 5.73 Å². The highest BCUT2D eigenvalue weighted by Crippen LogP contribution is 2.37. The van der Waals surface area contributed by atoms with E-state index in [1.54, 1.807) is 11.8 Å². The van der Waals surface area contributed by atoms with Gasteiger partial charge in [-0.05, 0) is 62.8 Å². The maximum Gasteiger partial charge on any atom is 0.323 e. The molecule has 1 aromatic rings. The van der Waals surface area contributed by atoms with Gasteiger partial charge in [-0.15, -0.1) is 11.8 Å². The molecule has 0 aliphatic heterocycles. The minimum Gasteiger partial charge on any atom is -0.480 e. The summed E-state index contributed by atoms with van der Waals surface area (Å²) < 4.78 is 0. The smallest absolute Gasteiger partial charge is 0.323 e. The van der Waals surface area contributed by atoms with E-state index in [0.717, 1.165) is 12.8 Å². The Balaban J connectivity index is 2.06. The maximum absolute atomic E-state index is 11.2. The Hall–Kier alpha value is -1.00. The van der Waals surface area contributed by atoms with Crippen molar-refractivity contribution in [1.82, 2.24) is 0 Å². The molecule has 2 unspecified atom stereocenters. The number of carboxylic acid groups (broad SMARTS) is 1. The number of nitrogens with two attached hydrogens (primary N) is 1. The maximum atomic E-state index is 11.2. The fourth-order valence-electron chi connectivity index (χ4n) is 2.53. The first kappa shape index (κ1) is 14.4. The Morgan fingerprint density at radius 3 is 2.79 bits per heavy atom. The molecule has 1 saturated carbocycles. The first-order valence-corrected chi connectivity index (χ1v) is 7.55. The molecule has 19 heavy (non-hydrogen) atoms. The molecule has 0 saturated heterocycles. The summed E-state index contributed by atoms with van der Waals surface area (Å²) in [6, 6.07) is 6.40. The van der Waals surface area contributed by atoms with Gasteiger partial charge in [0.1, 0.15) is 5.54 Å². The van der Waals surface area contributed by atoms with Gasteiger partial charge in [0.15, 0.2) is 0 Å². The lowest BCUT2D eigenvalue weighted by molar-refractivity contribution is -0.144. The van der Waals surface area contributed by atoms with Crippen LogP contribution in [0.2, 0.25) is 0 Å². The molecule has 0 radical (unpaired) electrons. The van der Waals surface area contributed by atoms with Gasteiger partial charge in [0.2, 0.25) is 0 Å². The third-order valence-electron chi connectivity index (χ3n) is 3.95. The summed E-state index contributed by atoms with van der Waals surface area (Å²) in [5, 5.41) is 9.53. The number of benzene rings is 1. The van der Waals surface area contributed by atoms with Crippen LogP contribution < -0.4 is 5.73 Å². The summed E-state index contributed by atoms with van der Waals surface area (Å²) >= 11 is 1.76. The van der Waals surface area contributed by atoms with Crippen molar-refractivity contribution in [2.24, 2.45) is 5.73 Å². The van der Waals surface area contributed by atoms with Gasteiger partial charge < -0.3 is 10.8 Å². The second-order valence-corrected chi connectivity index (χ2v) is 6.92. The van der Waals surface area contributed by atoms with Crippen molar-refractivity contribution in [3.05, 3.63) is 29.3 Å². The second kappa shape index (κ2) is 5.55. The summed E-state index contributed by atoms with van der Waals surface area (Å²) in [4.78, 5) is 12.4. The van der Waals surface area contributed by atoms with Gasteiger partial charge in [-0.1, -0.05) is 6.07 Å². The molecule has 3 nitrogen and oxygen atoms in total. The molecule has 104 valence electrons. The number of thioether (sulfide) groups is 1. The van der Waals surface area contributed by atoms with Gasteiger partial charge in [0, 0.05) is 10.1 Å². The number of carboxylic acids is 1. The fourth-order valence-corrected chi connectivity index (χ4v) is 3.97. The standard InChI is InChI=1S/C15H21NO2S/c1-10-5-6-12(8-11(10)2)19-13-4-3-7-15(16,9-13)14(17)18/h5-6,8,13H,3-4,7,9,16H2,1-2H3,(H,17,18). The van der Waals surface area contributed by atoms with Crippen LogP contribution in [0.3, 0.4) is 0 Å². The van der Waals surface area contributed by atoms with Gasteiger partial charge in [0.05, 0.1) is 0 Å². The van der Waals surface area contributed by atoms with Crippen molar-refractivity contribution < 1.29 is 9.90 Å². The van der Waals surface area contributed by atoms with Crippen molar-refractivity contribution in [3.8, 4) is 0 Å². The number of rotatable bonds is 3. The van der Waals surface area contributed by atoms with E-state index in [-0.39, 0.29) is 0 Å². The van der Waals surface area contributed by atoms with Crippen LogP contribution in [-0.4, -0.2) is 21.9 Å². The number of aryl methyl sites for hydroxylation is 2. The lowest BCUT2D eigenvalue weighted by Gasteiger charge is -2.34. The Bertz CT molecular complexity index is 489. The summed E-state index contributed by atoms with van der Waals surface area (Å²) in [7, 11) is 0. The molecule has 3 N–H and O–H groups in total. The second-order valence-electron chi connectivity index (χ2n) is 5.54. The Labute approximate surface area is 118 Å². The van der Waals surface area contributed by atoms with Gasteiger partial charge in [-0.25, -0.2) is 0 Å². The van der Waals surface area contributed by atoms with E-state index in [1.165, 1.54) is 16.0 Å². The molecule has 0 aromatic heterocycles. The zero-order valence-corrected chi connectivity index (χ0v) is 12.3. The number of hydrogen-bond acceptors (Lipinski definition) is 3. The Morgan fingerprint density at radius 1 is 1.42 bits per heavy atom. The molecule has 0 bridgehead atoms. The number of hydrogen-bond donors (Lipinski definition) is 2. The largest absolute Gasteiger partial charge is 0.480 e. The highest BCUT2D eigenvalue weighted by Gasteiger charge is 2.39. The molecule has 2 rings (SSSR count). The van der Waals surface area contributed by atoms with Crippen LogP contribution in [0.25, 0.3) is 0 Å². The minimum atomic E-state index is -1.03. The Kier molecular flexibility index (Phi) is 4.21. The zero-order chi connectivity index (χ0) is 14.0. The van der Waals surface area contributed by atoms with Crippen LogP contribution in [0.5, 0.6) is 0 Å². The van der Waals surface area contributed by atoms with Crippen LogP contribution in [0.4, 0.5) is 0 Å². The predicted molar refractivity (Wildman–Crippen MR) is 78.6 cm³/mol. The van der Waals surface area contributed by atoms with E-state index in [9.17, 15) is 9.90 Å². The minimum absolute atomic E-state index is 0.303. The summed E-state index contributed by atoms with van der Waals surface area (Å²) in [6.45, 7) is 4.20. The van der Waals surface area contributed by atoms with E-state index in [2.05, 4.69) is 32.0 Å². The van der Waals surface area contributed by atoms with E-state index >= 15 is 0 Å². The summed E-state index contributed by atoms with van der Waals surface area (Å²) in [5.41, 5.74) is 7.51. The number of carbonyl (C=O) groups is 1. The molecule has 0 heterocycles. The quantitative estimate of drug-likeness (QED) is 0.892. The molecule has 4 heteroatoms. The summed E-state index contributed by atoms with van der Waals surface area (Å²) in [6.07, 6.45) is 3.08. The third kappa shape index (κ3) is 3.31. The van der Waals surface area contributed by atoms with Crippen LogP contribution in [-0.2, 0) is 4.79 Å². The SMILES string of the molecule is Cc1ccc(SC2CCCC(N)(C(=O)O)C2)cc1C. The van der Waals surface area contributed by atoms with Crippen LogP contribution >= 0.6 is 11.8 Å². The van der Waals surface area contributed by atoms with Crippen molar-refractivity contribution in [2.45, 2.75) is 55.2 Å². The lowest BCUT2D eigenvalue weighted by atomic mass is 9.82. The first-order chi connectivity index (χ1) is 8.90. The first-order valence-electron chi connectivity index (χ1n) is 6.67. The highest BCUT2D eigenvalue weighted by molar-refractivity contribution is 8.00. The topological polar surface area (TPSA) is 63.3 Å². The monoisotopic (exact) mass is 279 g/mol. The van der Waals surface area contributed by atoms with Crippen molar-refractivity contribution in [2.75, 3.05) is 0 Å².